The molecule has 1 amide bonds. The average molecular weight is 319 g/mol. The smallest absolute Gasteiger partial charge is 0.338 e. The Labute approximate surface area is 139 Å². The minimum absolute atomic E-state index is 0.0568. The van der Waals surface area contributed by atoms with Gasteiger partial charge < -0.3 is 10.5 Å². The van der Waals surface area contributed by atoms with Gasteiger partial charge >= 0.3 is 5.97 Å². The second-order valence-electron chi connectivity index (χ2n) is 6.21. The zero-order chi connectivity index (χ0) is 17.1. The van der Waals surface area contributed by atoms with Crippen LogP contribution in [0.2, 0.25) is 0 Å². The van der Waals surface area contributed by atoms with Crippen molar-refractivity contribution in [3.05, 3.63) is 35.4 Å². The standard InChI is InChI=1S/C19H29NO3/c1-15-11-13-17(14-12-15)19(22)23-16(2)9-7-5-3-4-6-8-10-18(20)21/h11-14,16H,3-10H2,1-2H3,(H2,20,21). The van der Waals surface area contributed by atoms with Gasteiger partial charge in [-0.15, -0.1) is 0 Å². The number of aryl methyl sites for hydroxylation is 1. The van der Waals surface area contributed by atoms with Crippen LogP contribution in [0.1, 0.15) is 74.2 Å². The summed E-state index contributed by atoms with van der Waals surface area (Å²) in [5, 5.41) is 0. The summed E-state index contributed by atoms with van der Waals surface area (Å²) >= 11 is 0. The van der Waals surface area contributed by atoms with Crippen molar-refractivity contribution >= 4 is 11.9 Å². The molecular formula is C19H29NO3. The molecule has 1 aromatic rings. The molecule has 4 heteroatoms. The Balaban J connectivity index is 2.08. The van der Waals surface area contributed by atoms with Gasteiger partial charge in [0.2, 0.25) is 5.91 Å². The van der Waals surface area contributed by atoms with Gasteiger partial charge in [0.15, 0.2) is 0 Å². The van der Waals surface area contributed by atoms with Crippen molar-refractivity contribution in [2.24, 2.45) is 5.73 Å². The number of unbranched alkanes of at least 4 members (excludes halogenated alkanes) is 5. The van der Waals surface area contributed by atoms with Crippen molar-refractivity contribution < 1.29 is 14.3 Å². The fraction of sp³-hybridized carbons (Fsp3) is 0.579. The minimum Gasteiger partial charge on any atom is -0.459 e. The maximum atomic E-state index is 12.0. The molecule has 0 radical (unpaired) electrons. The first-order valence-corrected chi connectivity index (χ1v) is 8.55. The van der Waals surface area contributed by atoms with Gasteiger partial charge in [-0.25, -0.2) is 4.79 Å². The third kappa shape index (κ3) is 9.01. The van der Waals surface area contributed by atoms with Crippen LogP contribution in [-0.2, 0) is 9.53 Å². The molecule has 4 nitrogen and oxygen atoms in total. The molecule has 0 saturated heterocycles. The highest BCUT2D eigenvalue weighted by Crippen LogP contribution is 2.13. The quantitative estimate of drug-likeness (QED) is 0.492. The number of hydrogen-bond acceptors (Lipinski definition) is 3. The molecule has 1 rings (SSSR count). The monoisotopic (exact) mass is 319 g/mol. The summed E-state index contributed by atoms with van der Waals surface area (Å²) in [6.45, 7) is 3.94. The molecule has 0 fully saturated rings. The second kappa shape index (κ2) is 10.8. The zero-order valence-corrected chi connectivity index (χ0v) is 14.3. The van der Waals surface area contributed by atoms with E-state index in [0.717, 1.165) is 50.5 Å². The van der Waals surface area contributed by atoms with Gasteiger partial charge in [-0.1, -0.05) is 43.4 Å². The zero-order valence-electron chi connectivity index (χ0n) is 14.3. The highest BCUT2D eigenvalue weighted by atomic mass is 16.5. The Bertz CT molecular complexity index is 482. The van der Waals surface area contributed by atoms with E-state index in [1.54, 1.807) is 12.1 Å². The lowest BCUT2D eigenvalue weighted by Crippen LogP contribution is -2.15. The lowest BCUT2D eigenvalue weighted by atomic mass is 10.1. The van der Waals surface area contributed by atoms with Crippen LogP contribution in [0.4, 0.5) is 0 Å². The molecule has 0 aliphatic heterocycles. The number of benzene rings is 1. The number of carbonyl (C=O) groups is 2. The molecule has 0 saturated carbocycles. The summed E-state index contributed by atoms with van der Waals surface area (Å²) in [6, 6.07) is 7.44. The fourth-order valence-corrected chi connectivity index (χ4v) is 2.44. The van der Waals surface area contributed by atoms with Crippen LogP contribution < -0.4 is 5.73 Å². The van der Waals surface area contributed by atoms with Gasteiger partial charge in [0.05, 0.1) is 11.7 Å². The highest BCUT2D eigenvalue weighted by Gasteiger charge is 2.11. The summed E-state index contributed by atoms with van der Waals surface area (Å²) in [4.78, 5) is 22.6. The average Bonchev–Trinajstić information content (AvgIpc) is 2.50. The fourth-order valence-electron chi connectivity index (χ4n) is 2.44. The van der Waals surface area contributed by atoms with Gasteiger partial charge in [-0.05, 0) is 45.2 Å². The van der Waals surface area contributed by atoms with Gasteiger partial charge in [0, 0.05) is 6.42 Å². The van der Waals surface area contributed by atoms with E-state index in [2.05, 4.69) is 0 Å². The number of carbonyl (C=O) groups excluding carboxylic acids is 2. The minimum atomic E-state index is -0.246. The molecule has 0 bridgehead atoms. The van der Waals surface area contributed by atoms with Gasteiger partial charge in [-0.3, -0.25) is 4.79 Å². The van der Waals surface area contributed by atoms with Gasteiger partial charge in [0.25, 0.3) is 0 Å². The first kappa shape index (κ1) is 19.2. The van der Waals surface area contributed by atoms with E-state index < -0.39 is 0 Å². The van der Waals surface area contributed by atoms with E-state index in [0.29, 0.717) is 12.0 Å². The van der Waals surface area contributed by atoms with Crippen molar-refractivity contribution in [2.75, 3.05) is 0 Å². The van der Waals surface area contributed by atoms with E-state index in [-0.39, 0.29) is 18.0 Å². The van der Waals surface area contributed by atoms with E-state index in [1.807, 2.05) is 26.0 Å². The van der Waals surface area contributed by atoms with Crippen molar-refractivity contribution in [2.45, 2.75) is 71.3 Å². The molecule has 0 spiro atoms. The maximum Gasteiger partial charge on any atom is 0.338 e. The molecule has 23 heavy (non-hydrogen) atoms. The Morgan fingerprint density at radius 1 is 1.00 bits per heavy atom. The van der Waals surface area contributed by atoms with Crippen molar-refractivity contribution in [3.8, 4) is 0 Å². The van der Waals surface area contributed by atoms with Crippen LogP contribution in [0.5, 0.6) is 0 Å². The van der Waals surface area contributed by atoms with Crippen molar-refractivity contribution in [1.29, 1.82) is 0 Å². The molecule has 1 aromatic carbocycles. The SMILES string of the molecule is Cc1ccc(C(=O)OC(C)CCCCCCCCC(N)=O)cc1. The Hall–Kier alpha value is -1.84. The third-order valence-electron chi connectivity index (χ3n) is 3.88. The topological polar surface area (TPSA) is 69.4 Å². The highest BCUT2D eigenvalue weighted by molar-refractivity contribution is 5.89. The third-order valence-corrected chi connectivity index (χ3v) is 3.88. The van der Waals surface area contributed by atoms with Gasteiger partial charge in [-0.2, -0.15) is 0 Å². The summed E-state index contributed by atoms with van der Waals surface area (Å²) < 4.78 is 5.46. The first-order valence-electron chi connectivity index (χ1n) is 8.55. The van der Waals surface area contributed by atoms with Crippen LogP contribution in [0.3, 0.4) is 0 Å². The van der Waals surface area contributed by atoms with E-state index in [1.165, 1.54) is 0 Å². The van der Waals surface area contributed by atoms with Crippen LogP contribution in [0, 0.1) is 6.92 Å². The number of amides is 1. The Morgan fingerprint density at radius 3 is 2.17 bits per heavy atom. The van der Waals surface area contributed by atoms with Crippen molar-refractivity contribution in [3.63, 3.8) is 0 Å². The molecule has 2 N–H and O–H groups in total. The van der Waals surface area contributed by atoms with Crippen LogP contribution in [0.15, 0.2) is 24.3 Å². The number of ether oxygens (including phenoxy) is 1. The summed E-state index contributed by atoms with van der Waals surface area (Å²) in [6.07, 6.45) is 7.73. The summed E-state index contributed by atoms with van der Waals surface area (Å²) in [5.41, 5.74) is 6.84. The molecular weight excluding hydrogens is 290 g/mol. The molecule has 128 valence electrons. The van der Waals surface area contributed by atoms with Crippen molar-refractivity contribution in [1.82, 2.24) is 0 Å². The first-order chi connectivity index (χ1) is 11.0. The molecule has 0 aliphatic carbocycles. The van der Waals surface area contributed by atoms with E-state index in [4.69, 9.17) is 10.5 Å². The number of rotatable bonds is 11. The van der Waals surface area contributed by atoms with Crippen LogP contribution in [0.25, 0.3) is 0 Å². The molecule has 1 atom stereocenters. The van der Waals surface area contributed by atoms with Crippen LogP contribution >= 0.6 is 0 Å². The van der Waals surface area contributed by atoms with Gasteiger partial charge in [0.1, 0.15) is 0 Å². The molecule has 0 aromatic heterocycles. The van der Waals surface area contributed by atoms with Crippen LogP contribution in [-0.4, -0.2) is 18.0 Å². The number of primary amides is 1. The molecule has 0 heterocycles. The Kier molecular flexibility index (Phi) is 9.03. The maximum absolute atomic E-state index is 12.0. The largest absolute Gasteiger partial charge is 0.459 e. The van der Waals surface area contributed by atoms with E-state index in [9.17, 15) is 9.59 Å². The lowest BCUT2D eigenvalue weighted by Gasteiger charge is -2.13. The normalized spacial score (nSPS) is 11.9. The Morgan fingerprint density at radius 2 is 1.57 bits per heavy atom. The van der Waals surface area contributed by atoms with E-state index >= 15 is 0 Å². The lowest BCUT2D eigenvalue weighted by molar-refractivity contribution is -0.118. The predicted molar refractivity (Wildman–Crippen MR) is 92.2 cm³/mol. The number of hydrogen-bond donors (Lipinski definition) is 1. The molecule has 0 aliphatic rings. The predicted octanol–water partition coefficient (Wildman–Crippen LogP) is 4.15. The molecule has 1 unspecified atom stereocenters. The number of nitrogens with two attached hydrogens (primary N) is 1. The number of esters is 1. The second-order valence-corrected chi connectivity index (χ2v) is 6.21. The summed E-state index contributed by atoms with van der Waals surface area (Å²) in [5.74, 6) is -0.460. The summed E-state index contributed by atoms with van der Waals surface area (Å²) in [7, 11) is 0.